The molecule has 2 amide bonds. The summed E-state index contributed by atoms with van der Waals surface area (Å²) in [5, 5.41) is 13.4. The lowest BCUT2D eigenvalue weighted by Crippen LogP contribution is -2.50. The standard InChI is InChI=1S/C18H21N7O2/c1-11-7-12(2)9-13(8-11)16(27)24-6-4-3-5-14(24)15(26)21-18-23-22-17-19-10-20-25(17)18/h7-10,14H,3-6H2,1-2H3,(H,19,20,22)(H,21,23,26). The van der Waals surface area contributed by atoms with Gasteiger partial charge in [0.05, 0.1) is 0 Å². The molecule has 0 radical (unpaired) electrons. The highest BCUT2D eigenvalue weighted by Gasteiger charge is 2.33. The largest absolute Gasteiger partial charge is 0.327 e. The number of aryl methyl sites for hydroxylation is 2. The van der Waals surface area contributed by atoms with Gasteiger partial charge in [0.2, 0.25) is 5.91 Å². The minimum atomic E-state index is -0.540. The van der Waals surface area contributed by atoms with Crippen molar-refractivity contribution in [1.29, 1.82) is 0 Å². The number of hydrogen-bond donors (Lipinski definition) is 2. The molecule has 27 heavy (non-hydrogen) atoms. The fourth-order valence-corrected chi connectivity index (χ4v) is 3.61. The predicted octanol–water partition coefficient (Wildman–Crippen LogP) is 1.70. The number of aromatic amines is 1. The first kappa shape index (κ1) is 17.2. The van der Waals surface area contributed by atoms with Crippen LogP contribution in [0, 0.1) is 13.8 Å². The predicted molar refractivity (Wildman–Crippen MR) is 98.4 cm³/mol. The van der Waals surface area contributed by atoms with Gasteiger partial charge in [-0.25, -0.2) is 0 Å². The first-order valence-corrected chi connectivity index (χ1v) is 8.97. The van der Waals surface area contributed by atoms with Crippen LogP contribution in [0.5, 0.6) is 0 Å². The summed E-state index contributed by atoms with van der Waals surface area (Å²) in [6.45, 7) is 4.49. The van der Waals surface area contributed by atoms with Gasteiger partial charge in [0.15, 0.2) is 0 Å². The van der Waals surface area contributed by atoms with Crippen molar-refractivity contribution in [2.24, 2.45) is 0 Å². The topological polar surface area (TPSA) is 108 Å². The highest BCUT2D eigenvalue weighted by atomic mass is 16.2. The number of anilines is 1. The lowest BCUT2D eigenvalue weighted by Gasteiger charge is -2.34. The number of hydrogen-bond acceptors (Lipinski definition) is 5. The van der Waals surface area contributed by atoms with Crippen molar-refractivity contribution >= 4 is 23.5 Å². The minimum absolute atomic E-state index is 0.116. The average Bonchev–Trinajstić information content (AvgIpc) is 3.25. The number of carbonyl (C=O) groups is 2. The van der Waals surface area contributed by atoms with Crippen molar-refractivity contribution < 1.29 is 9.59 Å². The number of likely N-dealkylation sites (tertiary alicyclic amines) is 1. The molecule has 0 aliphatic carbocycles. The molecule has 2 aromatic heterocycles. The second-order valence-corrected chi connectivity index (χ2v) is 6.92. The SMILES string of the molecule is Cc1cc(C)cc(C(=O)N2CCCCC2C(=O)Nc2nnc3nc[nH]n23)c1. The van der Waals surface area contributed by atoms with Crippen LogP contribution in [0.2, 0.25) is 0 Å². The van der Waals surface area contributed by atoms with E-state index in [0.717, 1.165) is 24.0 Å². The Morgan fingerprint density at radius 1 is 1.15 bits per heavy atom. The van der Waals surface area contributed by atoms with Crippen LogP contribution < -0.4 is 5.32 Å². The molecule has 9 nitrogen and oxygen atoms in total. The van der Waals surface area contributed by atoms with Crippen LogP contribution in [0.3, 0.4) is 0 Å². The molecule has 1 fully saturated rings. The van der Waals surface area contributed by atoms with E-state index in [2.05, 4.69) is 25.6 Å². The molecule has 1 saturated heterocycles. The maximum absolute atomic E-state index is 13.1. The molecule has 1 atom stereocenters. The van der Waals surface area contributed by atoms with Crippen LogP contribution >= 0.6 is 0 Å². The summed E-state index contributed by atoms with van der Waals surface area (Å²) in [4.78, 5) is 31.6. The summed E-state index contributed by atoms with van der Waals surface area (Å²) in [5.41, 5.74) is 2.67. The molecule has 1 aliphatic rings. The number of rotatable bonds is 3. The number of amides is 2. The van der Waals surface area contributed by atoms with Crippen LogP contribution in [0.15, 0.2) is 24.5 Å². The maximum atomic E-state index is 13.1. The van der Waals surface area contributed by atoms with E-state index >= 15 is 0 Å². The van der Waals surface area contributed by atoms with Gasteiger partial charge in [0.25, 0.3) is 17.6 Å². The van der Waals surface area contributed by atoms with Gasteiger partial charge < -0.3 is 4.90 Å². The molecular formula is C18H21N7O2. The third-order valence-electron chi connectivity index (χ3n) is 4.78. The van der Waals surface area contributed by atoms with E-state index in [1.807, 2.05) is 32.0 Å². The molecule has 1 aromatic carbocycles. The van der Waals surface area contributed by atoms with E-state index in [0.29, 0.717) is 24.3 Å². The Balaban J connectivity index is 1.57. The van der Waals surface area contributed by atoms with Crippen molar-refractivity contribution in [3.8, 4) is 0 Å². The molecular weight excluding hydrogens is 346 g/mol. The summed E-state index contributed by atoms with van der Waals surface area (Å²) in [7, 11) is 0. The highest BCUT2D eigenvalue weighted by Crippen LogP contribution is 2.22. The lowest BCUT2D eigenvalue weighted by atomic mass is 9.99. The van der Waals surface area contributed by atoms with Crippen LogP contribution in [0.1, 0.15) is 40.7 Å². The van der Waals surface area contributed by atoms with Crippen LogP contribution in [0.4, 0.5) is 5.95 Å². The molecule has 1 unspecified atom stereocenters. The summed E-state index contributed by atoms with van der Waals surface area (Å²) in [6.07, 6.45) is 3.87. The fourth-order valence-electron chi connectivity index (χ4n) is 3.61. The van der Waals surface area contributed by atoms with E-state index in [9.17, 15) is 9.59 Å². The summed E-state index contributed by atoms with van der Waals surface area (Å²) in [6, 6.07) is 5.22. The minimum Gasteiger partial charge on any atom is -0.327 e. The van der Waals surface area contributed by atoms with Gasteiger partial charge in [-0.05, 0) is 45.2 Å². The van der Waals surface area contributed by atoms with Gasteiger partial charge in [0.1, 0.15) is 12.4 Å². The second kappa shape index (κ2) is 6.82. The number of nitrogens with one attached hydrogen (secondary N) is 2. The smallest absolute Gasteiger partial charge is 0.273 e. The van der Waals surface area contributed by atoms with Gasteiger partial charge >= 0.3 is 0 Å². The summed E-state index contributed by atoms with van der Waals surface area (Å²) < 4.78 is 1.48. The van der Waals surface area contributed by atoms with Crippen LogP contribution in [-0.2, 0) is 4.79 Å². The second-order valence-electron chi connectivity index (χ2n) is 6.92. The zero-order valence-electron chi connectivity index (χ0n) is 15.3. The third-order valence-corrected chi connectivity index (χ3v) is 4.78. The number of carbonyl (C=O) groups excluding carboxylic acids is 2. The average molecular weight is 367 g/mol. The number of piperidine rings is 1. The Morgan fingerprint density at radius 3 is 2.70 bits per heavy atom. The quantitative estimate of drug-likeness (QED) is 0.732. The van der Waals surface area contributed by atoms with E-state index in [1.54, 1.807) is 4.90 Å². The van der Waals surface area contributed by atoms with Crippen molar-refractivity contribution in [2.45, 2.75) is 39.2 Å². The van der Waals surface area contributed by atoms with E-state index in [1.165, 1.54) is 10.8 Å². The van der Waals surface area contributed by atoms with Crippen molar-refractivity contribution in [2.75, 3.05) is 11.9 Å². The van der Waals surface area contributed by atoms with Crippen molar-refractivity contribution in [3.05, 3.63) is 41.2 Å². The number of H-pyrrole nitrogens is 1. The first-order chi connectivity index (χ1) is 13.0. The Labute approximate surface area is 155 Å². The molecule has 3 heterocycles. The molecule has 4 rings (SSSR count). The van der Waals surface area contributed by atoms with E-state index < -0.39 is 6.04 Å². The third kappa shape index (κ3) is 3.27. The summed E-state index contributed by atoms with van der Waals surface area (Å²) >= 11 is 0. The molecule has 3 aromatic rings. The number of aromatic nitrogens is 5. The fraction of sp³-hybridized carbons (Fsp3) is 0.389. The van der Waals surface area contributed by atoms with Crippen LogP contribution in [-0.4, -0.2) is 54.1 Å². The van der Waals surface area contributed by atoms with Crippen LogP contribution in [0.25, 0.3) is 5.78 Å². The number of benzene rings is 1. The summed E-state index contributed by atoms with van der Waals surface area (Å²) in [5.74, 6) is 0.250. The number of nitrogens with zero attached hydrogens (tertiary/aromatic N) is 5. The Hall–Kier alpha value is -3.23. The number of fused-ring (bicyclic) bond motifs is 1. The normalized spacial score (nSPS) is 17.3. The van der Waals surface area contributed by atoms with Gasteiger partial charge in [-0.2, -0.15) is 9.50 Å². The van der Waals surface area contributed by atoms with Gasteiger partial charge in [-0.15, -0.1) is 10.2 Å². The first-order valence-electron chi connectivity index (χ1n) is 8.97. The highest BCUT2D eigenvalue weighted by molar-refractivity contribution is 6.01. The Bertz CT molecular complexity index is 986. The van der Waals surface area contributed by atoms with E-state index in [-0.39, 0.29) is 17.8 Å². The monoisotopic (exact) mass is 367 g/mol. The van der Waals surface area contributed by atoms with Gasteiger partial charge in [0, 0.05) is 12.1 Å². The molecule has 0 spiro atoms. The van der Waals surface area contributed by atoms with Crippen molar-refractivity contribution in [1.82, 2.24) is 29.7 Å². The Morgan fingerprint density at radius 2 is 1.93 bits per heavy atom. The maximum Gasteiger partial charge on any atom is 0.273 e. The molecule has 0 bridgehead atoms. The molecule has 1 aliphatic heterocycles. The van der Waals surface area contributed by atoms with Gasteiger partial charge in [-0.1, -0.05) is 17.2 Å². The lowest BCUT2D eigenvalue weighted by molar-refractivity contribution is -0.121. The van der Waals surface area contributed by atoms with Crippen molar-refractivity contribution in [3.63, 3.8) is 0 Å². The zero-order chi connectivity index (χ0) is 19.0. The zero-order valence-corrected chi connectivity index (χ0v) is 15.3. The molecule has 9 heteroatoms. The molecule has 140 valence electrons. The molecule has 2 N–H and O–H groups in total. The van der Waals surface area contributed by atoms with Gasteiger partial charge in [-0.3, -0.25) is 20.0 Å². The Kier molecular flexibility index (Phi) is 4.35. The van der Waals surface area contributed by atoms with E-state index in [4.69, 9.17) is 0 Å². The molecule has 0 saturated carbocycles.